The van der Waals surface area contributed by atoms with Crippen molar-refractivity contribution in [3.05, 3.63) is 89.6 Å². The number of benzene rings is 2. The minimum Gasteiger partial charge on any atom is -0.271 e. The molecular formula is C21H18N2S2. The first-order valence-electron chi connectivity index (χ1n) is 8.33. The number of aromatic nitrogens is 1. The van der Waals surface area contributed by atoms with Crippen LogP contribution < -0.4 is 0 Å². The van der Waals surface area contributed by atoms with Crippen LogP contribution in [0.15, 0.2) is 87.7 Å². The molecule has 0 bridgehead atoms. The van der Waals surface area contributed by atoms with Crippen molar-refractivity contribution in [1.29, 1.82) is 0 Å². The van der Waals surface area contributed by atoms with Gasteiger partial charge in [0.15, 0.2) is 0 Å². The third-order valence-corrected chi connectivity index (χ3v) is 6.08. The van der Waals surface area contributed by atoms with E-state index in [0.717, 1.165) is 34.5 Å². The third-order valence-electron chi connectivity index (χ3n) is 4.00. The van der Waals surface area contributed by atoms with Crippen molar-refractivity contribution >= 4 is 28.6 Å². The summed E-state index contributed by atoms with van der Waals surface area (Å²) in [5.41, 5.74) is 3.64. The second-order valence-corrected chi connectivity index (χ2v) is 7.92. The number of fused-ring (bicyclic) bond motifs is 1. The van der Waals surface area contributed by atoms with Crippen LogP contribution in [-0.4, -0.2) is 15.8 Å². The molecule has 2 aromatic carbocycles. The van der Waals surface area contributed by atoms with Crippen LogP contribution in [0.2, 0.25) is 0 Å². The Hall–Kier alpha value is -2.04. The molecule has 0 fully saturated rings. The molecule has 0 aliphatic carbocycles. The zero-order valence-electron chi connectivity index (χ0n) is 13.8. The van der Waals surface area contributed by atoms with Gasteiger partial charge in [0.1, 0.15) is 5.04 Å². The molecule has 0 amide bonds. The van der Waals surface area contributed by atoms with Gasteiger partial charge in [0.25, 0.3) is 0 Å². The topological polar surface area (TPSA) is 25.2 Å². The Balaban J connectivity index is 1.42. The van der Waals surface area contributed by atoms with E-state index >= 15 is 0 Å². The Bertz CT molecular complexity index is 891. The maximum atomic E-state index is 4.81. The van der Waals surface area contributed by atoms with E-state index in [-0.39, 0.29) is 0 Å². The smallest absolute Gasteiger partial charge is 0.121 e. The Morgan fingerprint density at radius 3 is 2.64 bits per heavy atom. The first kappa shape index (κ1) is 16.4. The van der Waals surface area contributed by atoms with E-state index < -0.39 is 0 Å². The van der Waals surface area contributed by atoms with Gasteiger partial charge < -0.3 is 0 Å². The summed E-state index contributed by atoms with van der Waals surface area (Å²) in [5, 5.41) is 2.08. The highest BCUT2D eigenvalue weighted by atomic mass is 32.2. The number of hydrogen-bond donors (Lipinski definition) is 0. The predicted molar refractivity (Wildman–Crippen MR) is 108 cm³/mol. The van der Waals surface area contributed by atoms with Crippen LogP contribution >= 0.6 is 23.5 Å². The molecule has 0 saturated heterocycles. The number of aryl methyl sites for hydroxylation is 1. The molecule has 2 heterocycles. The summed E-state index contributed by atoms with van der Waals surface area (Å²) < 4.78 is 0. The average Bonchev–Trinajstić information content (AvgIpc) is 2.69. The zero-order chi connectivity index (χ0) is 16.9. The lowest BCUT2D eigenvalue weighted by Crippen LogP contribution is -2.06. The van der Waals surface area contributed by atoms with Crippen LogP contribution in [0.25, 0.3) is 0 Å². The van der Waals surface area contributed by atoms with Gasteiger partial charge in [-0.25, -0.2) is 4.98 Å². The summed E-state index contributed by atoms with van der Waals surface area (Å²) in [6.07, 6.45) is 1.06. The van der Waals surface area contributed by atoms with Crippen molar-refractivity contribution in [3.8, 4) is 0 Å². The maximum Gasteiger partial charge on any atom is 0.121 e. The van der Waals surface area contributed by atoms with Gasteiger partial charge in [0.05, 0.1) is 17.3 Å². The van der Waals surface area contributed by atoms with Gasteiger partial charge in [-0.3, -0.25) is 4.99 Å². The van der Waals surface area contributed by atoms with E-state index in [1.54, 1.807) is 23.5 Å². The summed E-state index contributed by atoms with van der Waals surface area (Å²) in [7, 11) is 0. The molecule has 124 valence electrons. The molecule has 4 heteroatoms. The second-order valence-electron chi connectivity index (χ2n) is 5.78. The van der Waals surface area contributed by atoms with Gasteiger partial charge in [-0.15, -0.1) is 11.8 Å². The Morgan fingerprint density at radius 1 is 0.880 bits per heavy atom. The number of aliphatic imine (C=N–C) groups is 1. The van der Waals surface area contributed by atoms with Gasteiger partial charge in [-0.2, -0.15) is 0 Å². The SMILES string of the molecule is c1ccc(CCSc2cccc(C3=NCc4ccccc4S3)n2)cc1. The van der Waals surface area contributed by atoms with Gasteiger partial charge in [-0.1, -0.05) is 66.4 Å². The van der Waals surface area contributed by atoms with Crippen LogP contribution in [0.5, 0.6) is 0 Å². The van der Waals surface area contributed by atoms with Crippen LogP contribution in [0, 0.1) is 0 Å². The molecule has 0 radical (unpaired) electrons. The molecule has 1 aliphatic heterocycles. The summed E-state index contributed by atoms with van der Waals surface area (Å²) in [4.78, 5) is 10.8. The quantitative estimate of drug-likeness (QED) is 0.563. The summed E-state index contributed by atoms with van der Waals surface area (Å²) >= 11 is 3.52. The minimum atomic E-state index is 0.742. The van der Waals surface area contributed by atoms with Crippen LogP contribution in [0.3, 0.4) is 0 Å². The molecule has 25 heavy (non-hydrogen) atoms. The maximum absolute atomic E-state index is 4.81. The number of hydrogen-bond acceptors (Lipinski definition) is 4. The van der Waals surface area contributed by atoms with Gasteiger partial charge in [0, 0.05) is 10.6 Å². The Kier molecular flexibility index (Phi) is 5.19. The first-order valence-corrected chi connectivity index (χ1v) is 10.1. The van der Waals surface area contributed by atoms with Crippen LogP contribution in [0.4, 0.5) is 0 Å². The number of thioether (sulfide) groups is 2. The highest BCUT2D eigenvalue weighted by Crippen LogP contribution is 2.31. The fourth-order valence-corrected chi connectivity index (χ4v) is 4.54. The largest absolute Gasteiger partial charge is 0.271 e. The van der Waals surface area contributed by atoms with E-state index in [1.807, 2.05) is 0 Å². The number of rotatable bonds is 5. The Morgan fingerprint density at radius 2 is 1.72 bits per heavy atom. The van der Waals surface area contributed by atoms with Crippen molar-refractivity contribution in [1.82, 2.24) is 4.98 Å². The molecule has 0 saturated carbocycles. The highest BCUT2D eigenvalue weighted by molar-refractivity contribution is 8.14. The minimum absolute atomic E-state index is 0.742. The predicted octanol–water partition coefficient (Wildman–Crippen LogP) is 5.47. The lowest BCUT2D eigenvalue weighted by atomic mass is 10.2. The zero-order valence-corrected chi connectivity index (χ0v) is 15.4. The molecule has 0 unspecified atom stereocenters. The molecule has 2 nitrogen and oxygen atoms in total. The summed E-state index contributed by atoms with van der Waals surface area (Å²) in [6, 6.07) is 25.3. The number of nitrogens with zero attached hydrogens (tertiary/aromatic N) is 2. The van der Waals surface area contributed by atoms with Crippen molar-refractivity contribution in [2.75, 3.05) is 5.75 Å². The first-order chi connectivity index (χ1) is 12.4. The van der Waals surface area contributed by atoms with Crippen molar-refractivity contribution in [2.45, 2.75) is 22.9 Å². The molecule has 0 N–H and O–H groups in total. The monoisotopic (exact) mass is 362 g/mol. The van der Waals surface area contributed by atoms with E-state index in [0.29, 0.717) is 0 Å². The average molecular weight is 363 g/mol. The van der Waals surface area contributed by atoms with E-state index in [4.69, 9.17) is 9.98 Å². The molecule has 3 aromatic rings. The molecule has 0 spiro atoms. The Labute approximate surface area is 156 Å². The van der Waals surface area contributed by atoms with E-state index in [2.05, 4.69) is 72.8 Å². The highest BCUT2D eigenvalue weighted by Gasteiger charge is 2.15. The van der Waals surface area contributed by atoms with E-state index in [1.165, 1.54) is 16.0 Å². The third kappa shape index (κ3) is 4.14. The van der Waals surface area contributed by atoms with Crippen LogP contribution in [0.1, 0.15) is 16.8 Å². The molecule has 1 aromatic heterocycles. The van der Waals surface area contributed by atoms with Gasteiger partial charge in [-0.05, 0) is 35.7 Å². The van der Waals surface area contributed by atoms with Gasteiger partial charge >= 0.3 is 0 Å². The lowest BCUT2D eigenvalue weighted by Gasteiger charge is -2.15. The van der Waals surface area contributed by atoms with Crippen molar-refractivity contribution < 1.29 is 0 Å². The van der Waals surface area contributed by atoms with Crippen molar-refractivity contribution in [2.24, 2.45) is 4.99 Å². The molecule has 4 rings (SSSR count). The fourth-order valence-electron chi connectivity index (χ4n) is 2.69. The summed E-state index contributed by atoms with van der Waals surface area (Å²) in [6.45, 7) is 0.742. The normalized spacial score (nSPS) is 13.2. The van der Waals surface area contributed by atoms with E-state index in [9.17, 15) is 0 Å². The van der Waals surface area contributed by atoms with Gasteiger partial charge in [0.2, 0.25) is 0 Å². The van der Waals surface area contributed by atoms with Crippen molar-refractivity contribution in [3.63, 3.8) is 0 Å². The van der Waals surface area contributed by atoms with Crippen LogP contribution in [-0.2, 0) is 13.0 Å². The standard InChI is InChI=1S/C21H18N2S2/c1-2-7-16(8-3-1)13-14-24-20-12-6-10-18(23-20)21-22-15-17-9-4-5-11-19(17)25-21/h1-12H,13-15H2. The molecule has 1 aliphatic rings. The molecule has 0 atom stereocenters. The molecular weight excluding hydrogens is 344 g/mol. The lowest BCUT2D eigenvalue weighted by molar-refractivity contribution is 1.01. The fraction of sp³-hybridized carbons (Fsp3) is 0.143. The summed E-state index contributed by atoms with van der Waals surface area (Å²) in [5.74, 6) is 1.03. The second kappa shape index (κ2) is 7.89. The number of pyridine rings is 1.